The van der Waals surface area contributed by atoms with E-state index in [1.807, 2.05) is 11.8 Å². The molecule has 1 aromatic heterocycles. The van der Waals surface area contributed by atoms with E-state index in [1.54, 1.807) is 0 Å². The van der Waals surface area contributed by atoms with E-state index in [0.29, 0.717) is 6.04 Å². The van der Waals surface area contributed by atoms with E-state index in [1.165, 1.54) is 23.5 Å². The number of aryl methyl sites for hydroxylation is 1. The lowest BCUT2D eigenvalue weighted by Crippen LogP contribution is -2.31. The Labute approximate surface area is 132 Å². The molecule has 0 saturated carbocycles. The van der Waals surface area contributed by atoms with Gasteiger partial charge in [0.1, 0.15) is 5.82 Å². The summed E-state index contributed by atoms with van der Waals surface area (Å²) in [7, 11) is 2.06. The van der Waals surface area contributed by atoms with Gasteiger partial charge in [0.05, 0.1) is 11.0 Å². The third kappa shape index (κ3) is 4.24. The number of hydrogen-bond acceptors (Lipinski definition) is 3. The first-order chi connectivity index (χ1) is 10.3. The van der Waals surface area contributed by atoms with Crippen molar-refractivity contribution in [2.75, 3.05) is 18.6 Å². The lowest BCUT2D eigenvalue weighted by Gasteiger charge is -2.16. The molecule has 1 aromatic carbocycles. The highest BCUT2D eigenvalue weighted by atomic mass is 32.2. The molecule has 21 heavy (non-hydrogen) atoms. The normalized spacial score (nSPS) is 12.9. The highest BCUT2D eigenvalue weighted by Crippen LogP contribution is 2.18. The monoisotopic (exact) mass is 305 g/mol. The van der Waals surface area contributed by atoms with Gasteiger partial charge in [-0.2, -0.15) is 11.8 Å². The van der Waals surface area contributed by atoms with Crippen LogP contribution in [0.15, 0.2) is 24.3 Å². The maximum atomic E-state index is 4.86. The van der Waals surface area contributed by atoms with E-state index in [9.17, 15) is 0 Å². The number of likely N-dealkylation sites (N-methyl/N-ethyl adjacent to an activating group) is 1. The summed E-state index contributed by atoms with van der Waals surface area (Å²) in [5, 5.41) is 3.45. The largest absolute Gasteiger partial charge is 0.328 e. The fourth-order valence-corrected chi connectivity index (χ4v) is 3.61. The molecule has 1 unspecified atom stereocenters. The Morgan fingerprint density at radius 3 is 2.76 bits per heavy atom. The number of aromatic nitrogens is 2. The maximum absolute atomic E-state index is 4.86. The molecule has 0 fully saturated rings. The molecule has 0 aliphatic rings. The number of fused-ring (bicyclic) bond motifs is 1. The van der Waals surface area contributed by atoms with Gasteiger partial charge in [0.25, 0.3) is 0 Å². The molecule has 3 nitrogen and oxygen atoms in total. The highest BCUT2D eigenvalue weighted by Gasteiger charge is 2.14. The Bertz CT molecular complexity index is 550. The molecule has 2 aromatic rings. The van der Waals surface area contributed by atoms with Gasteiger partial charge in [0.2, 0.25) is 0 Å². The second kappa shape index (κ2) is 8.44. The Morgan fingerprint density at radius 1 is 1.24 bits per heavy atom. The van der Waals surface area contributed by atoms with Crippen molar-refractivity contribution in [2.24, 2.45) is 0 Å². The van der Waals surface area contributed by atoms with Crippen LogP contribution in [0.25, 0.3) is 11.0 Å². The van der Waals surface area contributed by atoms with Crippen molar-refractivity contribution in [2.45, 2.75) is 45.7 Å². The van der Waals surface area contributed by atoms with Gasteiger partial charge in [-0.1, -0.05) is 26.0 Å². The predicted octanol–water partition coefficient (Wildman–Crippen LogP) is 3.72. The lowest BCUT2D eigenvalue weighted by atomic mass is 10.2. The Kier molecular flexibility index (Phi) is 6.58. The number of thioether (sulfide) groups is 1. The van der Waals surface area contributed by atoms with Crippen LogP contribution in [0.4, 0.5) is 0 Å². The van der Waals surface area contributed by atoms with Crippen LogP contribution in [0.1, 0.15) is 32.5 Å². The number of nitrogens with zero attached hydrogens (tertiary/aromatic N) is 2. The second-order valence-electron chi connectivity index (χ2n) is 5.43. The number of benzene rings is 1. The number of hydrogen-bond donors (Lipinski definition) is 1. The Morgan fingerprint density at radius 2 is 2.05 bits per heavy atom. The van der Waals surface area contributed by atoms with E-state index >= 15 is 0 Å². The first-order valence-corrected chi connectivity index (χ1v) is 9.14. The van der Waals surface area contributed by atoms with Crippen LogP contribution in [-0.2, 0) is 13.0 Å². The molecular weight excluding hydrogens is 278 g/mol. The van der Waals surface area contributed by atoms with Gasteiger partial charge >= 0.3 is 0 Å². The molecule has 2 rings (SSSR count). The molecule has 4 heteroatoms. The first kappa shape index (κ1) is 16.4. The molecule has 0 spiro atoms. The Hall–Kier alpha value is -1.00. The smallest absolute Gasteiger partial charge is 0.111 e. The zero-order chi connectivity index (χ0) is 15.1. The zero-order valence-electron chi connectivity index (χ0n) is 13.4. The van der Waals surface area contributed by atoms with Gasteiger partial charge < -0.3 is 9.88 Å². The molecule has 0 saturated heterocycles. The third-order valence-electron chi connectivity index (χ3n) is 3.69. The summed E-state index contributed by atoms with van der Waals surface area (Å²) < 4.78 is 2.39. The fourth-order valence-electron chi connectivity index (χ4n) is 2.59. The minimum absolute atomic E-state index is 0.494. The standard InChI is InChI=1S/C17H27N3S/c1-4-10-20-16-9-7-6-8-15(16)19-17(20)12-14(18-3)13-21-11-5-2/h6-9,14,18H,4-5,10-13H2,1-3H3. The minimum atomic E-state index is 0.494. The van der Waals surface area contributed by atoms with E-state index in [0.717, 1.165) is 30.7 Å². The molecule has 0 bridgehead atoms. The van der Waals surface area contributed by atoms with Crippen LogP contribution in [0.3, 0.4) is 0 Å². The molecule has 0 aliphatic heterocycles. The van der Waals surface area contributed by atoms with Gasteiger partial charge in [0, 0.05) is 24.8 Å². The van der Waals surface area contributed by atoms with E-state index in [4.69, 9.17) is 4.98 Å². The van der Waals surface area contributed by atoms with Crippen molar-refractivity contribution in [1.82, 2.24) is 14.9 Å². The van der Waals surface area contributed by atoms with E-state index in [-0.39, 0.29) is 0 Å². The maximum Gasteiger partial charge on any atom is 0.111 e. The number of rotatable bonds is 9. The average Bonchev–Trinajstić information content (AvgIpc) is 2.85. The topological polar surface area (TPSA) is 29.9 Å². The predicted molar refractivity (Wildman–Crippen MR) is 94.2 cm³/mol. The van der Waals surface area contributed by atoms with Crippen molar-refractivity contribution >= 4 is 22.8 Å². The minimum Gasteiger partial charge on any atom is -0.328 e. The summed E-state index contributed by atoms with van der Waals surface area (Å²) in [5.74, 6) is 3.61. The molecule has 1 heterocycles. The molecular formula is C17H27N3S. The van der Waals surface area contributed by atoms with Crippen LogP contribution >= 0.6 is 11.8 Å². The summed E-state index contributed by atoms with van der Waals surface area (Å²) in [6, 6.07) is 8.97. The number of imidazole rings is 1. The lowest BCUT2D eigenvalue weighted by molar-refractivity contribution is 0.566. The first-order valence-electron chi connectivity index (χ1n) is 7.99. The van der Waals surface area contributed by atoms with Gasteiger partial charge in [-0.05, 0) is 37.8 Å². The van der Waals surface area contributed by atoms with Crippen molar-refractivity contribution in [1.29, 1.82) is 0 Å². The summed E-state index contributed by atoms with van der Waals surface area (Å²) in [6.45, 7) is 5.52. The van der Waals surface area contributed by atoms with Crippen LogP contribution < -0.4 is 5.32 Å². The molecule has 0 aliphatic carbocycles. The van der Waals surface area contributed by atoms with Crippen LogP contribution in [0.5, 0.6) is 0 Å². The fraction of sp³-hybridized carbons (Fsp3) is 0.588. The van der Waals surface area contributed by atoms with Gasteiger partial charge in [0.15, 0.2) is 0 Å². The summed E-state index contributed by atoms with van der Waals surface area (Å²) in [4.78, 5) is 4.86. The van der Waals surface area contributed by atoms with Gasteiger partial charge in [-0.3, -0.25) is 0 Å². The average molecular weight is 305 g/mol. The highest BCUT2D eigenvalue weighted by molar-refractivity contribution is 7.99. The van der Waals surface area contributed by atoms with Gasteiger partial charge in [-0.15, -0.1) is 0 Å². The molecule has 0 radical (unpaired) electrons. The Balaban J connectivity index is 2.17. The van der Waals surface area contributed by atoms with Crippen molar-refractivity contribution < 1.29 is 0 Å². The third-order valence-corrected chi connectivity index (χ3v) is 5.02. The van der Waals surface area contributed by atoms with Crippen molar-refractivity contribution in [3.8, 4) is 0 Å². The van der Waals surface area contributed by atoms with Crippen molar-refractivity contribution in [3.63, 3.8) is 0 Å². The van der Waals surface area contributed by atoms with Crippen LogP contribution in [-0.4, -0.2) is 34.1 Å². The van der Waals surface area contributed by atoms with Crippen LogP contribution in [0, 0.1) is 0 Å². The summed E-state index contributed by atoms with van der Waals surface area (Å²) in [6.07, 6.45) is 3.39. The molecule has 1 atom stereocenters. The SMILES string of the molecule is CCCSCC(Cc1nc2ccccc2n1CCC)NC. The summed E-state index contributed by atoms with van der Waals surface area (Å²) >= 11 is 2.03. The zero-order valence-corrected chi connectivity index (χ0v) is 14.2. The van der Waals surface area contributed by atoms with Crippen LogP contribution in [0.2, 0.25) is 0 Å². The number of para-hydroxylation sites is 2. The number of nitrogens with one attached hydrogen (secondary N) is 1. The molecule has 116 valence electrons. The molecule has 0 amide bonds. The van der Waals surface area contributed by atoms with E-state index in [2.05, 4.69) is 55.0 Å². The van der Waals surface area contributed by atoms with Crippen molar-refractivity contribution in [3.05, 3.63) is 30.1 Å². The molecule has 1 N–H and O–H groups in total. The van der Waals surface area contributed by atoms with E-state index < -0.39 is 0 Å². The quantitative estimate of drug-likeness (QED) is 0.716. The second-order valence-corrected chi connectivity index (χ2v) is 6.58. The van der Waals surface area contributed by atoms with Gasteiger partial charge in [-0.25, -0.2) is 4.98 Å². The summed E-state index contributed by atoms with van der Waals surface area (Å²) in [5.41, 5.74) is 2.39.